The van der Waals surface area contributed by atoms with E-state index in [9.17, 15) is 37.1 Å². The number of hydrogen-bond donors (Lipinski definition) is 2. The molecule has 390 valence electrons. The van der Waals surface area contributed by atoms with E-state index in [4.69, 9.17) is 37.4 Å². The lowest BCUT2D eigenvalue weighted by molar-refractivity contribution is -0.153. The van der Waals surface area contributed by atoms with E-state index >= 15 is 0 Å². The standard InChI is InChI=1S/C51H63Cl2F3N8O8/c1-31-20-47(66)64(33(3)48(67)59-41(29-70-7)50(69)61(5)38(21-34-10-14-36(52)15-11-34)24-46(65)58-25-32(2)60(4)49(31)68)27-40-43(71-30-51(54,55)56)22-37(53)23-44(40)72-39-16-12-35(13-17-39)42-26-57-45(62(42)6)28-63-18-8-9-19-63/h10-17,22-23,26,31-33,38,41H,8-9,18-21,24-25,27-30H2,1-7H3,(H,58,65)(H,59,67)/t31-,32+,33+,38+,41+/m1/s1. The number of nitrogens with one attached hydrogen (secondary N) is 2. The fraction of sp³-hybridized carbons (Fsp3) is 0.490. The molecular formula is C51H63Cl2F3N8O8. The van der Waals surface area contributed by atoms with Crippen molar-refractivity contribution < 1.29 is 51.4 Å². The van der Waals surface area contributed by atoms with Crippen molar-refractivity contribution in [3.05, 3.63) is 93.9 Å². The third-order valence-electron chi connectivity index (χ3n) is 13.2. The van der Waals surface area contributed by atoms with E-state index in [1.54, 1.807) is 49.5 Å². The van der Waals surface area contributed by atoms with E-state index in [1.807, 2.05) is 23.7 Å². The van der Waals surface area contributed by atoms with Gasteiger partial charge in [0.25, 0.3) is 0 Å². The number of carbonyl (C=O) groups excluding carboxylic acids is 5. The topological polar surface area (TPSA) is 168 Å². The van der Waals surface area contributed by atoms with Gasteiger partial charge in [0.2, 0.25) is 29.5 Å². The number of likely N-dealkylation sites (tertiary alicyclic amines) is 1. The molecular weight excluding hydrogens is 981 g/mol. The molecule has 5 amide bonds. The zero-order valence-corrected chi connectivity index (χ0v) is 43.1. The summed E-state index contributed by atoms with van der Waals surface area (Å²) < 4.78 is 60.6. The van der Waals surface area contributed by atoms with E-state index in [0.29, 0.717) is 5.02 Å². The Morgan fingerprint density at radius 3 is 2.14 bits per heavy atom. The number of carbonyl (C=O) groups is 5. The van der Waals surface area contributed by atoms with Gasteiger partial charge in [-0.1, -0.05) is 42.3 Å². The molecule has 2 saturated heterocycles. The minimum atomic E-state index is -4.79. The molecule has 72 heavy (non-hydrogen) atoms. The maximum absolute atomic E-state index is 14.7. The Kier molecular flexibility index (Phi) is 19.0. The van der Waals surface area contributed by atoms with Crippen LogP contribution in [0.2, 0.25) is 10.0 Å². The first kappa shape index (κ1) is 55.4. The smallest absolute Gasteiger partial charge is 0.422 e. The Bertz CT molecular complexity index is 2540. The summed E-state index contributed by atoms with van der Waals surface area (Å²) in [5, 5.41) is 6.01. The van der Waals surface area contributed by atoms with E-state index in [2.05, 4.69) is 20.5 Å². The highest BCUT2D eigenvalue weighted by Gasteiger charge is 2.37. The van der Waals surface area contributed by atoms with E-state index < -0.39 is 85.4 Å². The Morgan fingerprint density at radius 2 is 1.49 bits per heavy atom. The van der Waals surface area contributed by atoms with Gasteiger partial charge in [0.1, 0.15) is 35.2 Å². The van der Waals surface area contributed by atoms with Crippen molar-refractivity contribution in [3.63, 3.8) is 0 Å². The number of imidazole rings is 1. The zero-order valence-electron chi connectivity index (χ0n) is 41.6. The summed E-state index contributed by atoms with van der Waals surface area (Å²) in [6.07, 6.45) is -1.07. The van der Waals surface area contributed by atoms with Gasteiger partial charge in [-0.15, -0.1) is 0 Å². The highest BCUT2D eigenvalue weighted by atomic mass is 35.5. The summed E-state index contributed by atoms with van der Waals surface area (Å²) in [7, 11) is 6.32. The second kappa shape index (κ2) is 24.7. The van der Waals surface area contributed by atoms with Crippen molar-refractivity contribution in [1.29, 1.82) is 0 Å². The molecule has 6 rings (SSSR count). The third-order valence-corrected chi connectivity index (χ3v) is 13.7. The van der Waals surface area contributed by atoms with Crippen LogP contribution in [0.25, 0.3) is 11.3 Å². The summed E-state index contributed by atoms with van der Waals surface area (Å²) in [5.41, 5.74) is 2.37. The number of methoxy groups -OCH3 is 1. The van der Waals surface area contributed by atoms with Crippen molar-refractivity contribution in [1.82, 2.24) is 39.8 Å². The van der Waals surface area contributed by atoms with Crippen LogP contribution in [0.1, 0.15) is 63.4 Å². The van der Waals surface area contributed by atoms with Gasteiger partial charge >= 0.3 is 6.18 Å². The highest BCUT2D eigenvalue weighted by molar-refractivity contribution is 6.31. The SMILES string of the molecule is COC[C@@H]1NC(=O)[C@H](C)N(Cc2c(OCC(F)(F)F)cc(Cl)cc2Oc2ccc(-c3cnc(CN4CCCC4)n3C)cc2)C(=O)C[C@@H](C)C(=O)N(C)[C@@H](C)CNC(=O)C[C@H](Cc2ccc(Cl)cc2)N(C)C1=O. The van der Waals surface area contributed by atoms with Crippen LogP contribution < -0.4 is 20.1 Å². The average molecular weight is 1040 g/mol. The number of alkyl halides is 3. The summed E-state index contributed by atoms with van der Waals surface area (Å²) >= 11 is 12.7. The van der Waals surface area contributed by atoms with Crippen LogP contribution in [0.3, 0.4) is 0 Å². The second-order valence-corrected chi connectivity index (χ2v) is 19.4. The highest BCUT2D eigenvalue weighted by Crippen LogP contribution is 2.39. The molecule has 3 heterocycles. The van der Waals surface area contributed by atoms with Crippen LogP contribution in [0.4, 0.5) is 13.2 Å². The summed E-state index contributed by atoms with van der Waals surface area (Å²) in [4.78, 5) is 81.9. The zero-order chi connectivity index (χ0) is 52.4. The van der Waals surface area contributed by atoms with Crippen LogP contribution in [-0.2, 0) is 55.3 Å². The quantitative estimate of drug-likeness (QED) is 0.142. The number of aromatic nitrogens is 2. The number of benzene rings is 3. The van der Waals surface area contributed by atoms with Gasteiger partial charge in [-0.05, 0) is 94.2 Å². The summed E-state index contributed by atoms with van der Waals surface area (Å²) in [6.45, 7) is 4.82. The summed E-state index contributed by atoms with van der Waals surface area (Å²) in [6, 6.07) is 12.3. The van der Waals surface area contributed by atoms with Crippen molar-refractivity contribution in [2.24, 2.45) is 13.0 Å². The van der Waals surface area contributed by atoms with Crippen LogP contribution in [0.15, 0.2) is 66.9 Å². The Labute approximate surface area is 428 Å². The minimum absolute atomic E-state index is 0.0461. The number of likely N-dealkylation sites (N-methyl/N-ethyl adjacent to an activating group) is 2. The Morgan fingerprint density at radius 1 is 0.819 bits per heavy atom. The van der Waals surface area contributed by atoms with Crippen LogP contribution >= 0.6 is 23.2 Å². The van der Waals surface area contributed by atoms with Crippen LogP contribution in [0.5, 0.6) is 17.2 Å². The third kappa shape index (κ3) is 14.6. The van der Waals surface area contributed by atoms with Gasteiger partial charge < -0.3 is 44.1 Å². The van der Waals surface area contributed by atoms with E-state index in [0.717, 1.165) is 66.1 Å². The number of nitrogens with zero attached hydrogens (tertiary/aromatic N) is 6. The van der Waals surface area contributed by atoms with Crippen LogP contribution in [-0.4, -0.2) is 143 Å². The number of ether oxygens (including phenoxy) is 3. The largest absolute Gasteiger partial charge is 0.484 e. The number of rotatable bonds is 13. The fourth-order valence-corrected chi connectivity index (χ4v) is 9.04. The number of amides is 5. The molecule has 2 aliphatic heterocycles. The van der Waals surface area contributed by atoms with Crippen LogP contribution in [0, 0.1) is 5.92 Å². The molecule has 2 fully saturated rings. The molecule has 5 atom stereocenters. The first-order valence-electron chi connectivity index (χ1n) is 23.8. The van der Waals surface area contributed by atoms with Gasteiger partial charge in [-0.2, -0.15) is 13.2 Å². The molecule has 21 heteroatoms. The van der Waals surface area contributed by atoms with E-state index in [1.165, 1.54) is 50.9 Å². The lowest BCUT2D eigenvalue weighted by atomic mass is 10.0. The number of halogens is 5. The molecule has 16 nitrogen and oxygen atoms in total. The van der Waals surface area contributed by atoms with Gasteiger partial charge in [-0.3, -0.25) is 28.9 Å². The first-order chi connectivity index (χ1) is 34.1. The predicted molar refractivity (Wildman–Crippen MR) is 265 cm³/mol. The van der Waals surface area contributed by atoms with Crippen molar-refractivity contribution in [2.45, 2.75) is 96.3 Å². The fourth-order valence-electron chi connectivity index (χ4n) is 8.71. The average Bonchev–Trinajstić information content (AvgIpc) is 4.00. The first-order valence-corrected chi connectivity index (χ1v) is 24.5. The second-order valence-electron chi connectivity index (χ2n) is 18.6. The molecule has 0 radical (unpaired) electrons. The monoisotopic (exact) mass is 1040 g/mol. The molecule has 2 N–H and O–H groups in total. The Hall–Kier alpha value is -5.89. The maximum atomic E-state index is 14.7. The lowest BCUT2D eigenvalue weighted by Gasteiger charge is -2.35. The molecule has 0 bridgehead atoms. The summed E-state index contributed by atoms with van der Waals surface area (Å²) in [5.74, 6) is -3.31. The van der Waals surface area contributed by atoms with Gasteiger partial charge in [0.15, 0.2) is 6.61 Å². The number of hydrogen-bond acceptors (Lipinski definition) is 10. The van der Waals surface area contributed by atoms with Gasteiger partial charge in [0.05, 0.1) is 37.2 Å². The Balaban J connectivity index is 1.36. The molecule has 4 aromatic rings. The normalized spacial score (nSPS) is 21.6. The predicted octanol–water partition coefficient (Wildman–Crippen LogP) is 7.03. The molecule has 0 spiro atoms. The molecule has 0 aliphatic carbocycles. The minimum Gasteiger partial charge on any atom is -0.484 e. The van der Waals surface area contributed by atoms with Gasteiger partial charge in [-0.25, -0.2) is 4.98 Å². The molecule has 1 aromatic heterocycles. The molecule has 0 saturated carbocycles. The maximum Gasteiger partial charge on any atom is 0.422 e. The lowest BCUT2D eigenvalue weighted by Crippen LogP contribution is -2.57. The van der Waals surface area contributed by atoms with Crippen molar-refractivity contribution in [3.8, 4) is 28.5 Å². The molecule has 0 unspecified atom stereocenters. The van der Waals surface area contributed by atoms with Crippen molar-refractivity contribution >= 4 is 52.7 Å². The molecule has 2 aliphatic rings. The van der Waals surface area contributed by atoms with E-state index in [-0.39, 0.29) is 53.8 Å². The molecule has 3 aromatic carbocycles. The van der Waals surface area contributed by atoms with Gasteiger partial charge in [0, 0.05) is 87.3 Å². The van der Waals surface area contributed by atoms with Crippen molar-refractivity contribution in [2.75, 3.05) is 54.1 Å².